The van der Waals surface area contributed by atoms with E-state index in [-0.39, 0.29) is 12.5 Å². The third-order valence-corrected chi connectivity index (χ3v) is 3.22. The van der Waals surface area contributed by atoms with Gasteiger partial charge in [0.15, 0.2) is 0 Å². The standard InChI is InChI=1S/C14H12Cl2N2O2/c15-11-5-4-10(13(16)7-11)8-20-12-3-1-2-9(6-12)14(19)18-17/h1-7H,8,17H2,(H,18,19). The lowest BCUT2D eigenvalue weighted by Gasteiger charge is -2.09. The lowest BCUT2D eigenvalue weighted by molar-refractivity contribution is 0.0953. The molecule has 0 radical (unpaired) electrons. The first kappa shape index (κ1) is 14.7. The first-order chi connectivity index (χ1) is 9.60. The van der Waals surface area contributed by atoms with Crippen molar-refractivity contribution in [1.29, 1.82) is 0 Å². The third kappa shape index (κ3) is 3.63. The molecule has 0 unspecified atom stereocenters. The maximum atomic E-state index is 11.4. The molecule has 6 heteroatoms. The smallest absolute Gasteiger partial charge is 0.265 e. The molecule has 0 aromatic heterocycles. The van der Waals surface area contributed by atoms with E-state index >= 15 is 0 Å². The molecule has 2 aromatic rings. The molecule has 0 saturated carbocycles. The number of halogens is 2. The van der Waals surface area contributed by atoms with Crippen LogP contribution < -0.4 is 16.0 Å². The van der Waals surface area contributed by atoms with Crippen LogP contribution in [0.25, 0.3) is 0 Å². The molecule has 0 heterocycles. The first-order valence-electron chi connectivity index (χ1n) is 5.78. The Morgan fingerprint density at radius 2 is 2.00 bits per heavy atom. The zero-order chi connectivity index (χ0) is 14.5. The molecule has 0 aliphatic carbocycles. The van der Waals surface area contributed by atoms with Crippen LogP contribution >= 0.6 is 23.2 Å². The van der Waals surface area contributed by atoms with Crippen LogP contribution in [0.1, 0.15) is 15.9 Å². The number of rotatable bonds is 4. The van der Waals surface area contributed by atoms with Crippen molar-refractivity contribution in [2.24, 2.45) is 5.84 Å². The third-order valence-electron chi connectivity index (χ3n) is 2.64. The van der Waals surface area contributed by atoms with E-state index < -0.39 is 0 Å². The summed E-state index contributed by atoms with van der Waals surface area (Å²) in [6.45, 7) is 0.281. The molecule has 0 aliphatic rings. The minimum Gasteiger partial charge on any atom is -0.489 e. The van der Waals surface area contributed by atoms with Crippen molar-refractivity contribution >= 4 is 29.1 Å². The van der Waals surface area contributed by atoms with E-state index in [1.807, 2.05) is 0 Å². The fraction of sp³-hybridized carbons (Fsp3) is 0.0714. The monoisotopic (exact) mass is 310 g/mol. The molecule has 2 rings (SSSR count). The summed E-state index contributed by atoms with van der Waals surface area (Å²) in [6.07, 6.45) is 0. The van der Waals surface area contributed by atoms with E-state index in [4.69, 9.17) is 33.8 Å². The average molecular weight is 311 g/mol. The molecule has 2 aromatic carbocycles. The first-order valence-corrected chi connectivity index (χ1v) is 6.53. The molecule has 0 aliphatic heterocycles. The summed E-state index contributed by atoms with van der Waals surface area (Å²) in [5, 5.41) is 1.11. The number of hydrogen-bond acceptors (Lipinski definition) is 3. The second-order valence-corrected chi connectivity index (χ2v) is 4.87. The van der Waals surface area contributed by atoms with Crippen molar-refractivity contribution in [3.63, 3.8) is 0 Å². The highest BCUT2D eigenvalue weighted by Crippen LogP contribution is 2.23. The van der Waals surface area contributed by atoms with Crippen LogP contribution in [-0.2, 0) is 6.61 Å². The molecule has 0 saturated heterocycles. The Kier molecular flexibility index (Phi) is 4.84. The number of hydrogen-bond donors (Lipinski definition) is 2. The minimum atomic E-state index is -0.375. The summed E-state index contributed by atoms with van der Waals surface area (Å²) >= 11 is 11.9. The predicted molar refractivity (Wildman–Crippen MR) is 78.9 cm³/mol. The summed E-state index contributed by atoms with van der Waals surface area (Å²) in [4.78, 5) is 11.4. The minimum absolute atomic E-state index is 0.281. The van der Waals surface area contributed by atoms with E-state index in [9.17, 15) is 4.79 Å². The van der Waals surface area contributed by atoms with Crippen LogP contribution in [0.3, 0.4) is 0 Å². The zero-order valence-corrected chi connectivity index (χ0v) is 11.9. The summed E-state index contributed by atoms with van der Waals surface area (Å²) in [5.41, 5.74) is 3.30. The van der Waals surface area contributed by atoms with E-state index in [2.05, 4.69) is 5.43 Å². The zero-order valence-electron chi connectivity index (χ0n) is 10.4. The fourth-order valence-corrected chi connectivity index (χ4v) is 2.07. The van der Waals surface area contributed by atoms with Gasteiger partial charge in [-0.3, -0.25) is 10.2 Å². The van der Waals surface area contributed by atoms with Gasteiger partial charge in [0, 0.05) is 21.2 Å². The molecule has 3 N–H and O–H groups in total. The Balaban J connectivity index is 2.09. The van der Waals surface area contributed by atoms with Gasteiger partial charge in [-0.1, -0.05) is 35.3 Å². The molecule has 0 bridgehead atoms. The molecule has 1 amide bonds. The van der Waals surface area contributed by atoms with Gasteiger partial charge in [0.25, 0.3) is 5.91 Å². The van der Waals surface area contributed by atoms with Gasteiger partial charge >= 0.3 is 0 Å². The van der Waals surface area contributed by atoms with Gasteiger partial charge < -0.3 is 4.74 Å². The number of benzene rings is 2. The summed E-state index contributed by atoms with van der Waals surface area (Å²) in [7, 11) is 0. The Morgan fingerprint density at radius 1 is 1.20 bits per heavy atom. The van der Waals surface area contributed by atoms with Gasteiger partial charge in [0.2, 0.25) is 0 Å². The van der Waals surface area contributed by atoms with E-state index in [1.54, 1.807) is 42.5 Å². The highest BCUT2D eigenvalue weighted by molar-refractivity contribution is 6.35. The van der Waals surface area contributed by atoms with E-state index in [0.717, 1.165) is 5.56 Å². The quantitative estimate of drug-likeness (QED) is 0.518. The molecule has 0 atom stereocenters. The number of nitrogens with one attached hydrogen (secondary N) is 1. The molecular formula is C14H12Cl2N2O2. The normalized spacial score (nSPS) is 10.2. The summed E-state index contributed by atoms with van der Waals surface area (Å²) in [6, 6.07) is 11.9. The van der Waals surface area contributed by atoms with Crippen LogP contribution in [0.4, 0.5) is 0 Å². The van der Waals surface area contributed by atoms with Gasteiger partial charge in [0.1, 0.15) is 12.4 Å². The molecule has 0 spiro atoms. The highest BCUT2D eigenvalue weighted by atomic mass is 35.5. The largest absolute Gasteiger partial charge is 0.489 e. The molecule has 20 heavy (non-hydrogen) atoms. The van der Waals surface area contributed by atoms with Gasteiger partial charge in [-0.15, -0.1) is 0 Å². The van der Waals surface area contributed by atoms with Crippen LogP contribution in [0.5, 0.6) is 5.75 Å². The lowest BCUT2D eigenvalue weighted by Crippen LogP contribution is -2.29. The summed E-state index contributed by atoms with van der Waals surface area (Å²) in [5.74, 6) is 5.26. The van der Waals surface area contributed by atoms with Gasteiger partial charge in [-0.05, 0) is 30.3 Å². The number of carbonyl (C=O) groups is 1. The topological polar surface area (TPSA) is 64.3 Å². The van der Waals surface area contributed by atoms with Crippen molar-refractivity contribution in [2.45, 2.75) is 6.61 Å². The average Bonchev–Trinajstić information content (AvgIpc) is 2.46. The predicted octanol–water partition coefficient (Wildman–Crippen LogP) is 3.18. The maximum Gasteiger partial charge on any atom is 0.265 e. The number of ether oxygens (including phenoxy) is 1. The SMILES string of the molecule is NNC(=O)c1cccc(OCc2ccc(Cl)cc2Cl)c1. The van der Waals surface area contributed by atoms with Gasteiger partial charge in [0.05, 0.1) is 0 Å². The van der Waals surface area contributed by atoms with Crippen LogP contribution in [0.2, 0.25) is 10.0 Å². The van der Waals surface area contributed by atoms with Gasteiger partial charge in [-0.2, -0.15) is 0 Å². The van der Waals surface area contributed by atoms with Crippen molar-refractivity contribution in [3.05, 3.63) is 63.6 Å². The maximum absolute atomic E-state index is 11.4. The Labute approximate surface area is 126 Å². The van der Waals surface area contributed by atoms with Crippen molar-refractivity contribution in [1.82, 2.24) is 5.43 Å². The molecule has 0 fully saturated rings. The van der Waals surface area contributed by atoms with E-state index in [1.165, 1.54) is 0 Å². The molecule has 104 valence electrons. The van der Waals surface area contributed by atoms with Crippen LogP contribution in [0, 0.1) is 0 Å². The fourth-order valence-electron chi connectivity index (χ4n) is 1.61. The van der Waals surface area contributed by atoms with Crippen molar-refractivity contribution in [3.8, 4) is 5.75 Å². The van der Waals surface area contributed by atoms with E-state index in [0.29, 0.717) is 21.4 Å². The molecular weight excluding hydrogens is 299 g/mol. The van der Waals surface area contributed by atoms with Crippen molar-refractivity contribution in [2.75, 3.05) is 0 Å². The highest BCUT2D eigenvalue weighted by Gasteiger charge is 2.06. The number of nitrogens with two attached hydrogens (primary N) is 1. The second kappa shape index (κ2) is 6.61. The lowest BCUT2D eigenvalue weighted by atomic mass is 10.2. The Bertz CT molecular complexity index is 632. The molecule has 4 nitrogen and oxygen atoms in total. The second-order valence-electron chi connectivity index (χ2n) is 4.03. The van der Waals surface area contributed by atoms with Crippen LogP contribution in [-0.4, -0.2) is 5.91 Å². The number of amides is 1. The number of carbonyl (C=O) groups excluding carboxylic acids is 1. The van der Waals surface area contributed by atoms with Crippen molar-refractivity contribution < 1.29 is 9.53 Å². The number of hydrazine groups is 1. The number of nitrogen functional groups attached to an aromatic ring is 1. The Hall–Kier alpha value is -1.75. The Morgan fingerprint density at radius 3 is 2.70 bits per heavy atom. The van der Waals surface area contributed by atoms with Gasteiger partial charge in [-0.25, -0.2) is 5.84 Å². The van der Waals surface area contributed by atoms with Crippen LogP contribution in [0.15, 0.2) is 42.5 Å². The summed E-state index contributed by atoms with van der Waals surface area (Å²) < 4.78 is 5.60.